The molecule has 0 saturated heterocycles. The highest BCUT2D eigenvalue weighted by atomic mass is 19.4. The van der Waals surface area contributed by atoms with E-state index in [0.29, 0.717) is 22.7 Å². The Labute approximate surface area is 235 Å². The van der Waals surface area contributed by atoms with Crippen molar-refractivity contribution in [3.05, 3.63) is 95.1 Å². The van der Waals surface area contributed by atoms with Crippen molar-refractivity contribution in [2.75, 3.05) is 4.90 Å². The van der Waals surface area contributed by atoms with Gasteiger partial charge in [0.05, 0.1) is 13.0 Å². The number of benzene rings is 3. The summed E-state index contributed by atoms with van der Waals surface area (Å²) in [5.74, 6) is -1.35. The fraction of sp³-hybridized carbons (Fsp3) is 0.300. The molecule has 1 fully saturated rings. The summed E-state index contributed by atoms with van der Waals surface area (Å²) in [6.45, 7) is 0.155. The van der Waals surface area contributed by atoms with Gasteiger partial charge in [0.2, 0.25) is 11.9 Å². The molecule has 0 spiro atoms. The molecule has 2 amide bonds. The summed E-state index contributed by atoms with van der Waals surface area (Å²) in [7, 11) is 0. The number of ether oxygens (including phenoxy) is 1. The zero-order chi connectivity index (χ0) is 29.4. The second-order valence-electron chi connectivity index (χ2n) is 9.86. The van der Waals surface area contributed by atoms with Crippen LogP contribution in [0, 0.1) is 5.53 Å². The van der Waals surface area contributed by atoms with E-state index in [1.54, 1.807) is 23.1 Å². The molecule has 0 atom stereocenters. The van der Waals surface area contributed by atoms with Gasteiger partial charge >= 0.3 is 6.36 Å². The highest BCUT2D eigenvalue weighted by Crippen LogP contribution is 2.34. The summed E-state index contributed by atoms with van der Waals surface area (Å²) in [5, 5.41) is 2.91. The quantitative estimate of drug-likeness (QED) is 0.175. The first-order valence-electron chi connectivity index (χ1n) is 13.2. The van der Waals surface area contributed by atoms with Crippen molar-refractivity contribution in [1.29, 1.82) is 5.53 Å². The Morgan fingerprint density at radius 3 is 2.27 bits per heavy atom. The van der Waals surface area contributed by atoms with Crippen LogP contribution in [-0.2, 0) is 17.8 Å². The van der Waals surface area contributed by atoms with Crippen LogP contribution in [0.5, 0.6) is 5.75 Å². The minimum Gasteiger partial charge on any atom is -0.406 e. The van der Waals surface area contributed by atoms with Crippen molar-refractivity contribution in [3.8, 4) is 5.75 Å². The first-order chi connectivity index (χ1) is 19.6. The molecule has 0 heterocycles. The van der Waals surface area contributed by atoms with Crippen LogP contribution >= 0.6 is 0 Å². The van der Waals surface area contributed by atoms with Gasteiger partial charge < -0.3 is 15.4 Å². The number of anilines is 1. The third-order valence-corrected chi connectivity index (χ3v) is 6.94. The van der Waals surface area contributed by atoms with E-state index in [2.05, 4.69) is 14.8 Å². The normalized spacial score (nSPS) is 14.4. The van der Waals surface area contributed by atoms with E-state index in [1.165, 1.54) is 55.2 Å². The molecule has 0 unspecified atom stereocenters. The first-order valence-corrected chi connectivity index (χ1v) is 13.2. The van der Waals surface area contributed by atoms with Crippen LogP contribution in [-0.4, -0.2) is 24.1 Å². The van der Waals surface area contributed by atoms with Crippen LogP contribution in [0.2, 0.25) is 0 Å². The third kappa shape index (κ3) is 8.47. The van der Waals surface area contributed by atoms with E-state index in [4.69, 9.17) is 11.3 Å². The Bertz CT molecular complexity index is 1400. The molecule has 11 heteroatoms. The SMILES string of the molecule is N=NC(N)=NC(=O)c1ccc(CN(C(=O)Cc2cccc(OC(F)(F)F)c2)c2ccc(C3CCCCC3)cc2)cc1. The van der Waals surface area contributed by atoms with Crippen LogP contribution in [0.25, 0.3) is 0 Å². The molecular formula is C30H30F3N5O3. The van der Waals surface area contributed by atoms with Crippen molar-refractivity contribution in [2.45, 2.75) is 57.3 Å². The summed E-state index contributed by atoms with van der Waals surface area (Å²) >= 11 is 0. The Morgan fingerprint density at radius 1 is 0.951 bits per heavy atom. The fourth-order valence-electron chi connectivity index (χ4n) is 4.94. The van der Waals surface area contributed by atoms with Crippen LogP contribution in [0.1, 0.15) is 65.1 Å². The number of hydrogen-bond donors (Lipinski definition) is 2. The number of nitrogens with two attached hydrogens (primary N) is 1. The van der Waals surface area contributed by atoms with Gasteiger partial charge in [0, 0.05) is 11.3 Å². The summed E-state index contributed by atoms with van der Waals surface area (Å²) in [5.41, 5.74) is 15.3. The predicted octanol–water partition coefficient (Wildman–Crippen LogP) is 6.89. The van der Waals surface area contributed by atoms with Gasteiger partial charge in [-0.15, -0.1) is 18.3 Å². The zero-order valence-corrected chi connectivity index (χ0v) is 22.2. The van der Waals surface area contributed by atoms with E-state index in [0.717, 1.165) is 12.8 Å². The lowest BCUT2D eigenvalue weighted by molar-refractivity contribution is -0.274. The molecule has 1 aliphatic rings. The van der Waals surface area contributed by atoms with Gasteiger partial charge in [-0.3, -0.25) is 9.59 Å². The number of amides is 2. The molecule has 1 saturated carbocycles. The number of hydrogen-bond acceptors (Lipinski definition) is 4. The van der Waals surface area contributed by atoms with Crippen LogP contribution in [0.3, 0.4) is 0 Å². The lowest BCUT2D eigenvalue weighted by Gasteiger charge is -2.26. The Balaban J connectivity index is 1.57. The van der Waals surface area contributed by atoms with Gasteiger partial charge in [0.15, 0.2) is 0 Å². The van der Waals surface area contributed by atoms with E-state index in [1.807, 2.05) is 24.3 Å². The molecule has 214 valence electrons. The lowest BCUT2D eigenvalue weighted by atomic mass is 9.84. The molecule has 41 heavy (non-hydrogen) atoms. The summed E-state index contributed by atoms with van der Waals surface area (Å²) in [6, 6.07) is 19.6. The maximum absolute atomic E-state index is 13.6. The standard InChI is InChI=1S/C30H30F3N5O3/c31-30(32,33)41-26-8-4-5-21(17-26)18-27(39)38(25-15-13-23(14-16-25)22-6-2-1-3-7-22)19-20-9-11-24(12-10-20)28(40)36-29(34)37-35/h4-5,8-17,22,35H,1-3,6-7,18-19H2,(H2,34,36,40). The number of carbonyl (C=O) groups excluding carboxylic acids is 2. The average molecular weight is 566 g/mol. The van der Waals surface area contributed by atoms with E-state index < -0.39 is 24.0 Å². The highest BCUT2D eigenvalue weighted by Gasteiger charge is 2.31. The van der Waals surface area contributed by atoms with Gasteiger partial charge in [0.1, 0.15) is 5.75 Å². The molecule has 3 aromatic rings. The van der Waals surface area contributed by atoms with E-state index in [9.17, 15) is 22.8 Å². The number of nitrogens with one attached hydrogen (secondary N) is 1. The van der Waals surface area contributed by atoms with E-state index >= 15 is 0 Å². The molecule has 3 N–H and O–H groups in total. The Hall–Kier alpha value is -4.54. The van der Waals surface area contributed by atoms with Crippen LogP contribution in [0.15, 0.2) is 82.9 Å². The Morgan fingerprint density at radius 2 is 1.63 bits per heavy atom. The van der Waals surface area contributed by atoms with Crippen LogP contribution in [0.4, 0.5) is 18.9 Å². The van der Waals surface area contributed by atoms with Gasteiger partial charge in [-0.2, -0.15) is 4.99 Å². The number of halogens is 3. The minimum atomic E-state index is -4.84. The number of aliphatic imine (C=N–C) groups is 1. The van der Waals surface area contributed by atoms with Gasteiger partial charge in [-0.1, -0.05) is 55.7 Å². The molecule has 1 aliphatic carbocycles. The molecule has 0 aromatic heterocycles. The number of carbonyl (C=O) groups is 2. The van der Waals surface area contributed by atoms with Crippen molar-refractivity contribution in [1.82, 2.24) is 0 Å². The largest absolute Gasteiger partial charge is 0.573 e. The number of alkyl halides is 3. The summed E-state index contributed by atoms with van der Waals surface area (Å²) < 4.78 is 42.1. The highest BCUT2D eigenvalue weighted by molar-refractivity contribution is 6.02. The topological polar surface area (TPSA) is 121 Å². The van der Waals surface area contributed by atoms with Crippen molar-refractivity contribution in [3.63, 3.8) is 0 Å². The number of guanidine groups is 1. The van der Waals surface area contributed by atoms with Crippen molar-refractivity contribution in [2.24, 2.45) is 15.8 Å². The van der Waals surface area contributed by atoms with Gasteiger partial charge in [-0.05, 0) is 71.8 Å². The third-order valence-electron chi connectivity index (χ3n) is 6.94. The number of rotatable bonds is 8. The summed E-state index contributed by atoms with van der Waals surface area (Å²) in [4.78, 5) is 30.9. The Kier molecular flexibility index (Phi) is 9.49. The smallest absolute Gasteiger partial charge is 0.406 e. The van der Waals surface area contributed by atoms with Gasteiger partial charge in [0.25, 0.3) is 5.91 Å². The lowest BCUT2D eigenvalue weighted by Crippen LogP contribution is -2.32. The first kappa shape index (κ1) is 29.4. The zero-order valence-electron chi connectivity index (χ0n) is 22.2. The second kappa shape index (κ2) is 13.2. The maximum Gasteiger partial charge on any atom is 0.573 e. The molecule has 4 rings (SSSR count). The maximum atomic E-state index is 13.6. The predicted molar refractivity (Wildman–Crippen MR) is 148 cm³/mol. The number of nitrogens with zero attached hydrogens (tertiary/aromatic N) is 3. The molecule has 3 aromatic carbocycles. The monoisotopic (exact) mass is 565 g/mol. The second-order valence-corrected chi connectivity index (χ2v) is 9.86. The van der Waals surface area contributed by atoms with Gasteiger partial charge in [-0.25, -0.2) is 5.53 Å². The fourth-order valence-corrected chi connectivity index (χ4v) is 4.94. The van der Waals surface area contributed by atoms with Crippen molar-refractivity contribution >= 4 is 23.5 Å². The van der Waals surface area contributed by atoms with Crippen molar-refractivity contribution < 1.29 is 27.5 Å². The molecule has 8 nitrogen and oxygen atoms in total. The minimum absolute atomic E-state index is 0.152. The molecule has 0 aliphatic heterocycles. The molecular weight excluding hydrogens is 535 g/mol. The average Bonchev–Trinajstić information content (AvgIpc) is 2.96. The molecule has 0 radical (unpaired) electrons. The van der Waals surface area contributed by atoms with Crippen LogP contribution < -0.4 is 15.4 Å². The van der Waals surface area contributed by atoms with E-state index in [-0.39, 0.29) is 24.4 Å². The summed E-state index contributed by atoms with van der Waals surface area (Å²) in [6.07, 6.45) is 0.917. The molecule has 0 bridgehead atoms.